The van der Waals surface area contributed by atoms with Crippen LogP contribution in [0.1, 0.15) is 11.4 Å². The van der Waals surface area contributed by atoms with Crippen LogP contribution in [0.5, 0.6) is 0 Å². The molecule has 7 heteroatoms. The van der Waals surface area contributed by atoms with Crippen molar-refractivity contribution in [1.82, 2.24) is 20.2 Å². The van der Waals surface area contributed by atoms with Gasteiger partial charge in [0.15, 0.2) is 0 Å². The summed E-state index contributed by atoms with van der Waals surface area (Å²) in [6.07, 6.45) is -4.57. The van der Waals surface area contributed by atoms with E-state index in [1.165, 1.54) is 0 Å². The minimum absolute atomic E-state index is 0.439. The molecular weight excluding hydrogens is 221 g/mol. The average Bonchev–Trinajstić information content (AvgIpc) is 2.67. The lowest BCUT2D eigenvalue weighted by atomic mass is 10.2. The number of hydrogen-bond acceptors (Lipinski definition) is 3. The van der Waals surface area contributed by atoms with Gasteiger partial charge in [-0.25, -0.2) is 0 Å². The highest BCUT2D eigenvalue weighted by Crippen LogP contribution is 2.25. The van der Waals surface area contributed by atoms with Gasteiger partial charge in [0.25, 0.3) is 5.82 Å². The van der Waals surface area contributed by atoms with Crippen molar-refractivity contribution < 1.29 is 13.2 Å². The third kappa shape index (κ3) is 2.02. The molecule has 1 heterocycles. The summed E-state index contributed by atoms with van der Waals surface area (Å²) < 4.78 is 36.6. The molecule has 0 bridgehead atoms. The van der Waals surface area contributed by atoms with Gasteiger partial charge in [-0.2, -0.15) is 13.2 Å². The molecule has 0 fully saturated rings. The minimum Gasteiger partial charge on any atom is -0.163 e. The molecule has 1 aromatic heterocycles. The van der Waals surface area contributed by atoms with Gasteiger partial charge in [0.2, 0.25) is 0 Å². The Labute approximate surface area is 88.7 Å². The van der Waals surface area contributed by atoms with Gasteiger partial charge in [-0.1, -0.05) is 17.7 Å². The maximum Gasteiger partial charge on any atom is 0.455 e. The largest absolute Gasteiger partial charge is 0.455 e. The fraction of sp³-hybridized carbons (Fsp3) is 0.222. The van der Waals surface area contributed by atoms with Crippen molar-refractivity contribution in [2.24, 2.45) is 0 Å². The normalized spacial score (nSPS) is 11.8. The highest BCUT2D eigenvalue weighted by Gasteiger charge is 2.36. The second kappa shape index (κ2) is 3.58. The highest BCUT2D eigenvalue weighted by atomic mass is 19.4. The average molecular weight is 228 g/mol. The predicted octanol–water partition coefficient (Wildman–Crippen LogP) is 1.99. The van der Waals surface area contributed by atoms with Crippen LogP contribution in [0.2, 0.25) is 0 Å². The minimum atomic E-state index is -4.57. The number of alkyl halides is 3. The first kappa shape index (κ1) is 10.6. The molecule has 0 spiro atoms. The van der Waals surface area contributed by atoms with Crippen LogP contribution >= 0.6 is 0 Å². The van der Waals surface area contributed by atoms with E-state index in [-0.39, 0.29) is 0 Å². The molecule has 2 rings (SSSR count). The molecule has 0 aliphatic rings. The van der Waals surface area contributed by atoms with Crippen LogP contribution in [0.4, 0.5) is 13.2 Å². The third-order valence-corrected chi connectivity index (χ3v) is 1.93. The number of aryl methyl sites for hydroxylation is 1. The number of benzene rings is 1. The van der Waals surface area contributed by atoms with Crippen molar-refractivity contribution in [3.8, 4) is 5.69 Å². The first-order valence-corrected chi connectivity index (χ1v) is 4.41. The Morgan fingerprint density at radius 1 is 1.12 bits per heavy atom. The summed E-state index contributed by atoms with van der Waals surface area (Å²) in [6, 6.07) is 6.76. The van der Waals surface area contributed by atoms with E-state index in [4.69, 9.17) is 0 Å². The van der Waals surface area contributed by atoms with Gasteiger partial charge in [0, 0.05) is 0 Å². The topological polar surface area (TPSA) is 43.6 Å². The van der Waals surface area contributed by atoms with Crippen LogP contribution in [0.25, 0.3) is 5.69 Å². The number of rotatable bonds is 1. The maximum atomic E-state index is 12.2. The molecule has 16 heavy (non-hydrogen) atoms. The zero-order valence-corrected chi connectivity index (χ0v) is 8.23. The summed E-state index contributed by atoms with van der Waals surface area (Å²) in [6.45, 7) is 1.87. The van der Waals surface area contributed by atoms with Crippen molar-refractivity contribution in [2.75, 3.05) is 0 Å². The molecule has 0 unspecified atom stereocenters. The number of tetrazole rings is 1. The molecule has 0 saturated heterocycles. The summed E-state index contributed by atoms with van der Waals surface area (Å²) in [7, 11) is 0. The summed E-state index contributed by atoms with van der Waals surface area (Å²) in [4.78, 5) is 0.849. The molecule has 4 nitrogen and oxygen atoms in total. The smallest absolute Gasteiger partial charge is 0.163 e. The van der Waals surface area contributed by atoms with E-state index >= 15 is 0 Å². The van der Waals surface area contributed by atoms with E-state index in [9.17, 15) is 13.2 Å². The molecule has 0 aliphatic heterocycles. The van der Waals surface area contributed by atoms with Crippen molar-refractivity contribution in [2.45, 2.75) is 13.1 Å². The SMILES string of the molecule is Cc1ccc(-n2nnc(C(F)(F)F)n2)cc1. The van der Waals surface area contributed by atoms with Crippen molar-refractivity contribution in [3.05, 3.63) is 35.7 Å². The van der Waals surface area contributed by atoms with Gasteiger partial charge in [0.05, 0.1) is 5.69 Å². The predicted molar refractivity (Wildman–Crippen MR) is 48.9 cm³/mol. The first-order chi connectivity index (χ1) is 7.47. The standard InChI is InChI=1S/C9H7F3N4/c1-6-2-4-7(5-3-6)16-14-8(13-15-16)9(10,11)12/h2-5H,1H3. The molecule has 2 aromatic rings. The van der Waals surface area contributed by atoms with E-state index in [1.54, 1.807) is 24.3 Å². The molecule has 0 saturated carbocycles. The van der Waals surface area contributed by atoms with Gasteiger partial charge >= 0.3 is 6.18 Å². The zero-order chi connectivity index (χ0) is 11.8. The fourth-order valence-electron chi connectivity index (χ4n) is 1.12. The van der Waals surface area contributed by atoms with Crippen LogP contribution in [-0.4, -0.2) is 20.2 Å². The van der Waals surface area contributed by atoms with Gasteiger partial charge < -0.3 is 0 Å². The Morgan fingerprint density at radius 2 is 1.75 bits per heavy atom. The van der Waals surface area contributed by atoms with Crippen LogP contribution in [0, 0.1) is 6.92 Å². The Morgan fingerprint density at radius 3 is 2.25 bits per heavy atom. The molecule has 1 aromatic carbocycles. The van der Waals surface area contributed by atoms with E-state index in [1.807, 2.05) is 6.92 Å². The van der Waals surface area contributed by atoms with E-state index in [0.717, 1.165) is 10.4 Å². The maximum absolute atomic E-state index is 12.2. The van der Waals surface area contributed by atoms with Crippen molar-refractivity contribution >= 4 is 0 Å². The van der Waals surface area contributed by atoms with E-state index < -0.39 is 12.0 Å². The monoisotopic (exact) mass is 228 g/mol. The lowest BCUT2D eigenvalue weighted by Crippen LogP contribution is -2.08. The molecule has 0 radical (unpaired) electrons. The first-order valence-electron chi connectivity index (χ1n) is 4.41. The van der Waals surface area contributed by atoms with Gasteiger partial charge in [0.1, 0.15) is 0 Å². The van der Waals surface area contributed by atoms with E-state index in [2.05, 4.69) is 15.4 Å². The van der Waals surface area contributed by atoms with Crippen LogP contribution in [0.15, 0.2) is 24.3 Å². The third-order valence-electron chi connectivity index (χ3n) is 1.93. The molecule has 0 amide bonds. The van der Waals surface area contributed by atoms with Gasteiger partial charge in [-0.3, -0.25) is 0 Å². The summed E-state index contributed by atoms with van der Waals surface area (Å²) in [5.41, 5.74) is 1.44. The summed E-state index contributed by atoms with van der Waals surface area (Å²) >= 11 is 0. The number of halogens is 3. The van der Waals surface area contributed by atoms with Crippen LogP contribution in [0.3, 0.4) is 0 Å². The lowest BCUT2D eigenvalue weighted by molar-refractivity contribution is -0.145. The molecule has 0 aliphatic carbocycles. The van der Waals surface area contributed by atoms with Crippen molar-refractivity contribution in [3.63, 3.8) is 0 Å². The second-order valence-corrected chi connectivity index (χ2v) is 3.24. The van der Waals surface area contributed by atoms with Gasteiger partial charge in [-0.05, 0) is 24.3 Å². The Kier molecular flexibility index (Phi) is 2.37. The molecular formula is C9H7F3N4. The van der Waals surface area contributed by atoms with Gasteiger partial charge in [-0.15, -0.1) is 15.0 Å². The highest BCUT2D eigenvalue weighted by molar-refractivity contribution is 5.31. The number of aromatic nitrogens is 4. The molecule has 0 N–H and O–H groups in total. The zero-order valence-electron chi connectivity index (χ0n) is 8.23. The van der Waals surface area contributed by atoms with E-state index in [0.29, 0.717) is 5.69 Å². The molecule has 0 atom stereocenters. The Balaban J connectivity index is 2.35. The fourth-order valence-corrected chi connectivity index (χ4v) is 1.12. The molecule has 84 valence electrons. The Hall–Kier alpha value is -1.92. The lowest BCUT2D eigenvalue weighted by Gasteiger charge is -1.99. The van der Waals surface area contributed by atoms with Crippen molar-refractivity contribution in [1.29, 1.82) is 0 Å². The number of hydrogen-bond donors (Lipinski definition) is 0. The van der Waals surface area contributed by atoms with Crippen LogP contribution in [-0.2, 0) is 6.18 Å². The quantitative estimate of drug-likeness (QED) is 0.749. The summed E-state index contributed by atoms with van der Waals surface area (Å²) in [5.74, 6) is -1.24. The Bertz CT molecular complexity index is 486. The second-order valence-electron chi connectivity index (χ2n) is 3.24. The number of nitrogens with zero attached hydrogens (tertiary/aromatic N) is 4. The van der Waals surface area contributed by atoms with Crippen LogP contribution < -0.4 is 0 Å². The summed E-state index contributed by atoms with van der Waals surface area (Å²) in [5, 5.41) is 9.53.